The molecule has 0 aliphatic rings. The first kappa shape index (κ1) is 18.3. The monoisotopic (exact) mass is 338 g/mol. The quantitative estimate of drug-likeness (QED) is 0.651. The van der Waals surface area contributed by atoms with Crippen molar-refractivity contribution in [3.05, 3.63) is 70.8 Å². The summed E-state index contributed by atoms with van der Waals surface area (Å²) in [5.41, 5.74) is 8.81. The number of ether oxygens (including phenoxy) is 1. The Labute approximate surface area is 147 Å². The molecular formula is C20H22N2O3. The predicted octanol–water partition coefficient (Wildman–Crippen LogP) is 2.85. The molecule has 0 fully saturated rings. The minimum Gasteiger partial charge on any atom is -0.484 e. The second-order valence-corrected chi connectivity index (χ2v) is 5.89. The molecule has 0 heterocycles. The van der Waals surface area contributed by atoms with Crippen LogP contribution in [0.3, 0.4) is 0 Å². The average molecular weight is 338 g/mol. The van der Waals surface area contributed by atoms with E-state index in [0.717, 1.165) is 22.3 Å². The molecule has 2 aromatic carbocycles. The van der Waals surface area contributed by atoms with E-state index in [2.05, 4.69) is 10.9 Å². The Morgan fingerprint density at radius 3 is 2.20 bits per heavy atom. The number of rotatable bonds is 5. The molecule has 2 rings (SSSR count). The Bertz CT molecular complexity index is 760. The van der Waals surface area contributed by atoms with Gasteiger partial charge in [-0.15, -0.1) is 0 Å². The number of carbonyl (C=O) groups is 2. The van der Waals surface area contributed by atoms with E-state index < -0.39 is 11.8 Å². The Hall–Kier alpha value is -3.08. The maximum absolute atomic E-state index is 11.7. The fourth-order valence-corrected chi connectivity index (χ4v) is 2.22. The Morgan fingerprint density at radius 2 is 1.56 bits per heavy atom. The highest BCUT2D eigenvalue weighted by Gasteiger charge is 2.04. The van der Waals surface area contributed by atoms with Crippen molar-refractivity contribution in [1.82, 2.24) is 10.9 Å². The van der Waals surface area contributed by atoms with Crippen LogP contribution >= 0.6 is 0 Å². The van der Waals surface area contributed by atoms with Gasteiger partial charge in [0.05, 0.1) is 0 Å². The molecule has 2 amide bonds. The minimum absolute atomic E-state index is 0.176. The summed E-state index contributed by atoms with van der Waals surface area (Å²) < 4.78 is 5.42. The van der Waals surface area contributed by atoms with Crippen molar-refractivity contribution < 1.29 is 14.3 Å². The van der Waals surface area contributed by atoms with E-state index in [-0.39, 0.29) is 6.61 Å². The molecule has 2 N–H and O–H groups in total. The van der Waals surface area contributed by atoms with E-state index in [1.165, 1.54) is 6.08 Å². The summed E-state index contributed by atoms with van der Waals surface area (Å²) in [7, 11) is 0. The summed E-state index contributed by atoms with van der Waals surface area (Å²) in [6.45, 7) is 5.74. The lowest BCUT2D eigenvalue weighted by Crippen LogP contribution is -2.43. The molecule has 0 saturated carbocycles. The summed E-state index contributed by atoms with van der Waals surface area (Å²) in [6.07, 6.45) is 3.03. The van der Waals surface area contributed by atoms with Gasteiger partial charge < -0.3 is 4.74 Å². The number of hydrazine groups is 1. The van der Waals surface area contributed by atoms with Crippen molar-refractivity contribution in [2.45, 2.75) is 20.8 Å². The van der Waals surface area contributed by atoms with Gasteiger partial charge in [-0.2, -0.15) is 0 Å². The smallest absolute Gasteiger partial charge is 0.276 e. The third-order valence-electron chi connectivity index (χ3n) is 3.39. The summed E-state index contributed by atoms with van der Waals surface area (Å²) in [5, 5.41) is 0. The first-order valence-corrected chi connectivity index (χ1v) is 7.97. The highest BCUT2D eigenvalue weighted by atomic mass is 16.5. The van der Waals surface area contributed by atoms with Gasteiger partial charge in [0.1, 0.15) is 5.75 Å². The molecule has 0 radical (unpaired) electrons. The van der Waals surface area contributed by atoms with Crippen molar-refractivity contribution in [3.8, 4) is 5.75 Å². The fourth-order valence-electron chi connectivity index (χ4n) is 2.22. The van der Waals surface area contributed by atoms with Gasteiger partial charge >= 0.3 is 0 Å². The number of hydrogen-bond acceptors (Lipinski definition) is 3. The lowest BCUT2D eigenvalue weighted by Gasteiger charge is -2.09. The normalized spacial score (nSPS) is 10.5. The van der Waals surface area contributed by atoms with E-state index in [1.54, 1.807) is 6.08 Å². The molecular weight excluding hydrogens is 316 g/mol. The van der Waals surface area contributed by atoms with Crippen LogP contribution in [0.4, 0.5) is 0 Å². The number of nitrogens with one attached hydrogen (secondary N) is 2. The van der Waals surface area contributed by atoms with Crippen LogP contribution in [0.25, 0.3) is 6.08 Å². The van der Waals surface area contributed by atoms with Crippen LogP contribution < -0.4 is 15.6 Å². The SMILES string of the molecule is Cc1ccc(C=CC(=O)NNC(=O)COc2cc(C)cc(C)c2)cc1. The Balaban J connectivity index is 1.75. The first-order valence-electron chi connectivity index (χ1n) is 7.97. The lowest BCUT2D eigenvalue weighted by molar-refractivity contribution is -0.128. The molecule has 0 atom stereocenters. The second-order valence-electron chi connectivity index (χ2n) is 5.89. The fraction of sp³-hybridized carbons (Fsp3) is 0.200. The lowest BCUT2D eigenvalue weighted by atomic mass is 10.1. The molecule has 0 aliphatic carbocycles. The highest BCUT2D eigenvalue weighted by Crippen LogP contribution is 2.15. The van der Waals surface area contributed by atoms with Gasteiger partial charge in [0, 0.05) is 6.08 Å². The van der Waals surface area contributed by atoms with Crippen molar-refractivity contribution in [1.29, 1.82) is 0 Å². The van der Waals surface area contributed by atoms with Crippen LogP contribution in [0.15, 0.2) is 48.5 Å². The van der Waals surface area contributed by atoms with Gasteiger partial charge in [-0.05, 0) is 55.7 Å². The summed E-state index contributed by atoms with van der Waals surface area (Å²) in [5.74, 6) is -0.227. The van der Waals surface area contributed by atoms with E-state index in [0.29, 0.717) is 5.75 Å². The molecule has 0 spiro atoms. The van der Waals surface area contributed by atoms with Crippen molar-refractivity contribution in [3.63, 3.8) is 0 Å². The Kier molecular flexibility index (Phi) is 6.34. The molecule has 0 aromatic heterocycles. The van der Waals surface area contributed by atoms with Crippen LogP contribution in [0.1, 0.15) is 22.3 Å². The van der Waals surface area contributed by atoms with Crippen molar-refractivity contribution >= 4 is 17.9 Å². The molecule has 0 bridgehead atoms. The predicted molar refractivity (Wildman–Crippen MR) is 97.9 cm³/mol. The molecule has 5 heteroatoms. The number of amides is 2. The number of aryl methyl sites for hydroxylation is 3. The molecule has 130 valence electrons. The molecule has 2 aromatic rings. The third kappa shape index (κ3) is 6.51. The zero-order chi connectivity index (χ0) is 18.2. The maximum Gasteiger partial charge on any atom is 0.276 e. The van der Waals surface area contributed by atoms with Gasteiger partial charge in [0.15, 0.2) is 6.61 Å². The van der Waals surface area contributed by atoms with E-state index in [4.69, 9.17) is 4.74 Å². The molecule has 0 aliphatic heterocycles. The van der Waals surface area contributed by atoms with Gasteiger partial charge in [-0.3, -0.25) is 20.4 Å². The van der Waals surface area contributed by atoms with Gasteiger partial charge in [-0.25, -0.2) is 0 Å². The molecule has 0 saturated heterocycles. The van der Waals surface area contributed by atoms with Gasteiger partial charge in [0.2, 0.25) is 0 Å². The number of hydrogen-bond donors (Lipinski definition) is 2. The summed E-state index contributed by atoms with van der Waals surface area (Å²) in [4.78, 5) is 23.4. The molecule has 0 unspecified atom stereocenters. The summed E-state index contributed by atoms with van der Waals surface area (Å²) in [6, 6.07) is 13.5. The number of carbonyl (C=O) groups excluding carboxylic acids is 2. The maximum atomic E-state index is 11.7. The van der Waals surface area contributed by atoms with E-state index >= 15 is 0 Å². The van der Waals surface area contributed by atoms with Crippen molar-refractivity contribution in [2.75, 3.05) is 6.61 Å². The largest absolute Gasteiger partial charge is 0.484 e. The van der Waals surface area contributed by atoms with Gasteiger partial charge in [-0.1, -0.05) is 35.9 Å². The van der Waals surface area contributed by atoms with Crippen molar-refractivity contribution in [2.24, 2.45) is 0 Å². The average Bonchev–Trinajstić information content (AvgIpc) is 2.57. The number of benzene rings is 2. The Morgan fingerprint density at radius 1 is 0.920 bits per heavy atom. The van der Waals surface area contributed by atoms with Crippen LogP contribution in [0.2, 0.25) is 0 Å². The van der Waals surface area contributed by atoms with Gasteiger partial charge in [0.25, 0.3) is 11.8 Å². The molecule has 5 nitrogen and oxygen atoms in total. The van der Waals surface area contributed by atoms with Crippen LogP contribution in [-0.2, 0) is 9.59 Å². The second kappa shape index (κ2) is 8.68. The zero-order valence-electron chi connectivity index (χ0n) is 14.6. The highest BCUT2D eigenvalue weighted by molar-refractivity contribution is 5.93. The van der Waals surface area contributed by atoms with E-state index in [9.17, 15) is 9.59 Å². The van der Waals surface area contributed by atoms with Crippen LogP contribution in [0.5, 0.6) is 5.75 Å². The van der Waals surface area contributed by atoms with Crippen LogP contribution in [-0.4, -0.2) is 18.4 Å². The first-order chi connectivity index (χ1) is 11.9. The minimum atomic E-state index is -0.434. The van der Waals surface area contributed by atoms with E-state index in [1.807, 2.05) is 63.2 Å². The molecule has 25 heavy (non-hydrogen) atoms. The standard InChI is InChI=1S/C20H22N2O3/c1-14-4-6-17(7-5-14)8-9-19(23)21-22-20(24)13-25-18-11-15(2)10-16(3)12-18/h4-12H,13H2,1-3H3,(H,21,23)(H,22,24). The zero-order valence-corrected chi connectivity index (χ0v) is 14.6. The topological polar surface area (TPSA) is 67.4 Å². The third-order valence-corrected chi connectivity index (χ3v) is 3.39. The summed E-state index contributed by atoms with van der Waals surface area (Å²) >= 11 is 0. The van der Waals surface area contributed by atoms with Crippen LogP contribution in [0, 0.1) is 20.8 Å².